The maximum absolute atomic E-state index is 12.7. The summed E-state index contributed by atoms with van der Waals surface area (Å²) in [7, 11) is 0. The maximum Gasteiger partial charge on any atom is 0.187 e. The van der Waals surface area contributed by atoms with Crippen LogP contribution in [-0.2, 0) is 52.1 Å². The highest BCUT2D eigenvalue weighted by Crippen LogP contribution is 2.80. The Bertz CT molecular complexity index is 2280. The van der Waals surface area contributed by atoms with Gasteiger partial charge < -0.3 is 129 Å². The first kappa shape index (κ1) is 64.5. The van der Waals surface area contributed by atoms with Gasteiger partial charge in [-0.15, -0.1) is 0 Å². The highest BCUT2D eigenvalue weighted by Gasteiger charge is 2.80. The second-order valence-electron chi connectivity index (χ2n) is 29.0. The molecule has 26 heteroatoms. The molecule has 0 aromatic heterocycles. The second-order valence-corrected chi connectivity index (χ2v) is 29.0. The number of ether oxygens (including phenoxy) is 11. The van der Waals surface area contributed by atoms with E-state index in [1.165, 1.54) is 0 Å². The van der Waals surface area contributed by atoms with Crippen LogP contribution >= 0.6 is 0 Å². The van der Waals surface area contributed by atoms with Crippen molar-refractivity contribution in [2.24, 2.45) is 50.2 Å². The molecule has 33 atom stereocenters. The molecule has 0 aromatic rings. The van der Waals surface area contributed by atoms with E-state index in [9.17, 15) is 76.6 Å². The van der Waals surface area contributed by atoms with Gasteiger partial charge in [0, 0.05) is 10.8 Å². The molecule has 6 heterocycles. The number of rotatable bonds is 13. The topological polar surface area (TPSA) is 405 Å². The predicted molar refractivity (Wildman–Crippen MR) is 283 cm³/mol. The molecule has 1 spiro atoms. The van der Waals surface area contributed by atoms with Crippen LogP contribution in [0.1, 0.15) is 113 Å². The van der Waals surface area contributed by atoms with Crippen LogP contribution in [0.15, 0.2) is 0 Å². The average Bonchev–Trinajstić information content (AvgIpc) is 1.28. The molecule has 11 aliphatic rings. The van der Waals surface area contributed by atoms with Gasteiger partial charge in [0.15, 0.2) is 31.5 Å². The molecule has 0 amide bonds. The van der Waals surface area contributed by atoms with Crippen molar-refractivity contribution in [1.29, 1.82) is 0 Å². The molecule has 0 radical (unpaired) electrons. The Morgan fingerprint density at radius 3 is 1.63 bits per heavy atom. The van der Waals surface area contributed by atoms with Crippen molar-refractivity contribution in [2.45, 2.75) is 272 Å². The molecule has 0 aromatic carbocycles. The van der Waals surface area contributed by atoms with Crippen molar-refractivity contribution in [2.75, 3.05) is 39.6 Å². The predicted octanol–water partition coefficient (Wildman–Crippen LogP) is -3.25. The molecular weight excluding hydrogens is 1110 g/mol. The van der Waals surface area contributed by atoms with E-state index in [4.69, 9.17) is 52.1 Å². The number of fused-ring (bicyclic) bond motifs is 4. The van der Waals surface area contributed by atoms with E-state index in [-0.39, 0.29) is 50.4 Å². The molecule has 11 fully saturated rings. The van der Waals surface area contributed by atoms with E-state index in [2.05, 4.69) is 48.5 Å². The lowest BCUT2D eigenvalue weighted by Gasteiger charge is -2.75. The zero-order chi connectivity index (χ0) is 60.8. The van der Waals surface area contributed by atoms with Gasteiger partial charge in [-0.3, -0.25) is 0 Å². The van der Waals surface area contributed by atoms with Crippen LogP contribution in [-0.4, -0.2) is 275 Å². The molecule has 0 unspecified atom stereocenters. The van der Waals surface area contributed by atoms with Crippen LogP contribution < -0.4 is 0 Å². The first-order chi connectivity index (χ1) is 39.5. The Labute approximate surface area is 489 Å². The van der Waals surface area contributed by atoms with Crippen LogP contribution in [0.3, 0.4) is 0 Å². The van der Waals surface area contributed by atoms with Crippen LogP contribution in [0, 0.1) is 50.2 Å². The summed E-state index contributed by atoms with van der Waals surface area (Å²) in [6.45, 7) is 13.3. The van der Waals surface area contributed by atoms with Crippen molar-refractivity contribution < 1.29 is 129 Å². The van der Waals surface area contributed by atoms with Crippen molar-refractivity contribution in [3.63, 3.8) is 0 Å². The SMILES string of the molecule is CC1(C)CC[C@]23CO[C@@]4(CC[C@@H]5[C@@]6(C)CC[C@H](O[C@@H]7OC[C@H](O[C@@H]8O[C@H](CO)[C@@H](O)[C@H](O[C@@H]9O[C@H](CO)[C@@H](O)[C@H](O)[C@H]9O)[C@H]8O[C@@H]8OC[C@@H](O)[C@H](O)[C@H]8O)[C@H](O)[C@H]7O[C@@H]7O[C@H](CO)[C@@H](O)[C@H](O)[C@H]7O)C(C)(C)[C@@H]6CC[C@@]5(C)[C@]4(C)C[C@H]2O)[C@@H]3C1. The standard InChI is InChI=1S/C58H96O26/c1-52(2)14-15-57-23-76-58(31(57)16-52)13-9-30-54(5)11-10-33(53(3,4)29(54)8-12-55(30,6)56(58,7)17-32(57)63)81-50-45(83-49-43(73)40(70)36(66)26(19-60)78-49)38(68)28(22-75-50)80-51-46(84-47-41(71)34(64)24(62)21-74-47)44(37(67)27(20-61)79-51)82-48-42(72)39(69)35(65)25(18-59)77-48/h24-51,59-73H,8-23H2,1-7H3/t24-,25-,26-,27-,28+,29+,30-,31-,32-,33+,34+,35-,36-,37-,38+,39+,40+,41-,42-,43-,44+,45-,46-,47+,48+,49+,50+,51+,54+,55-,56+,57-,58+/m1/s1. The van der Waals surface area contributed by atoms with Gasteiger partial charge in [-0.2, -0.15) is 0 Å². The van der Waals surface area contributed by atoms with Gasteiger partial charge in [0.2, 0.25) is 0 Å². The molecule has 6 saturated heterocycles. The number of hydrogen-bond acceptors (Lipinski definition) is 26. The molecule has 2 bridgehead atoms. The van der Waals surface area contributed by atoms with Crippen molar-refractivity contribution in [3.8, 4) is 0 Å². The molecule has 15 N–H and O–H groups in total. The van der Waals surface area contributed by atoms with Gasteiger partial charge in [0.25, 0.3) is 0 Å². The zero-order valence-corrected chi connectivity index (χ0v) is 49.2. The Hall–Kier alpha value is -1.04. The van der Waals surface area contributed by atoms with Gasteiger partial charge >= 0.3 is 0 Å². The minimum Gasteiger partial charge on any atom is -0.394 e. The fraction of sp³-hybridized carbons (Fsp3) is 1.00. The molecule has 26 nitrogen and oxygen atoms in total. The summed E-state index contributed by atoms with van der Waals surface area (Å²) < 4.78 is 68.8. The van der Waals surface area contributed by atoms with Gasteiger partial charge in [0.1, 0.15) is 110 Å². The third kappa shape index (κ3) is 10.0. The van der Waals surface area contributed by atoms with Crippen molar-refractivity contribution in [3.05, 3.63) is 0 Å². The summed E-state index contributed by atoms with van der Waals surface area (Å²) in [5, 5.41) is 165. The van der Waals surface area contributed by atoms with Crippen molar-refractivity contribution in [1.82, 2.24) is 0 Å². The summed E-state index contributed by atoms with van der Waals surface area (Å²) in [6, 6.07) is 0. The number of hydrogen-bond donors (Lipinski definition) is 15. The minimum absolute atomic E-state index is 0.115. The lowest BCUT2D eigenvalue weighted by molar-refractivity contribution is -0.404. The van der Waals surface area contributed by atoms with E-state index in [1.807, 2.05) is 0 Å². The molecule has 84 heavy (non-hydrogen) atoms. The van der Waals surface area contributed by atoms with E-state index in [0.29, 0.717) is 19.4 Å². The molecule has 5 saturated carbocycles. The third-order valence-electron chi connectivity index (χ3n) is 24.0. The smallest absolute Gasteiger partial charge is 0.187 e. The lowest BCUT2D eigenvalue weighted by atomic mass is 9.30. The van der Waals surface area contributed by atoms with E-state index < -0.39 is 192 Å². The van der Waals surface area contributed by atoms with Gasteiger partial charge in [0.05, 0.1) is 57.5 Å². The minimum atomic E-state index is -2.02. The quantitative estimate of drug-likeness (QED) is 0.0806. The van der Waals surface area contributed by atoms with Crippen LogP contribution in [0.2, 0.25) is 0 Å². The summed E-state index contributed by atoms with van der Waals surface area (Å²) in [4.78, 5) is 0. The first-order valence-corrected chi connectivity index (χ1v) is 30.6. The Morgan fingerprint density at radius 2 is 1.00 bits per heavy atom. The van der Waals surface area contributed by atoms with Gasteiger partial charge in [-0.05, 0) is 104 Å². The molecule has 484 valence electrons. The highest BCUT2D eigenvalue weighted by molar-refractivity contribution is 5.28. The van der Waals surface area contributed by atoms with E-state index in [0.717, 1.165) is 51.4 Å². The molecule has 5 aliphatic carbocycles. The highest BCUT2D eigenvalue weighted by atomic mass is 16.8. The zero-order valence-electron chi connectivity index (χ0n) is 49.2. The lowest BCUT2D eigenvalue weighted by Crippen LogP contribution is -2.74. The molecular formula is C58H96O26. The average molecular weight is 1210 g/mol. The normalized spacial score (nSPS) is 57.1. The summed E-state index contributed by atoms with van der Waals surface area (Å²) in [5.41, 5.74) is -1.61. The van der Waals surface area contributed by atoms with Crippen LogP contribution in [0.5, 0.6) is 0 Å². The first-order valence-electron chi connectivity index (χ1n) is 30.6. The fourth-order valence-electron chi connectivity index (χ4n) is 18.9. The molecule has 6 aliphatic heterocycles. The van der Waals surface area contributed by atoms with E-state index >= 15 is 0 Å². The Balaban J connectivity index is 0.868. The fourth-order valence-corrected chi connectivity index (χ4v) is 18.9. The van der Waals surface area contributed by atoms with Crippen LogP contribution in [0.4, 0.5) is 0 Å². The largest absolute Gasteiger partial charge is 0.394 e. The maximum atomic E-state index is 12.7. The summed E-state index contributed by atoms with van der Waals surface area (Å²) in [5.74, 6) is 0.660. The third-order valence-corrected chi connectivity index (χ3v) is 24.0. The Morgan fingerprint density at radius 1 is 0.440 bits per heavy atom. The van der Waals surface area contributed by atoms with Gasteiger partial charge in [-0.1, -0.05) is 48.5 Å². The monoisotopic (exact) mass is 1210 g/mol. The van der Waals surface area contributed by atoms with Crippen LogP contribution in [0.25, 0.3) is 0 Å². The molecule has 11 rings (SSSR count). The van der Waals surface area contributed by atoms with Crippen molar-refractivity contribution >= 4 is 0 Å². The Kier molecular flexibility index (Phi) is 17.9. The van der Waals surface area contributed by atoms with E-state index in [1.54, 1.807) is 0 Å². The second kappa shape index (κ2) is 23.3. The number of aliphatic hydroxyl groups excluding tert-OH is 15. The number of aliphatic hydroxyl groups is 15. The van der Waals surface area contributed by atoms with Gasteiger partial charge in [-0.25, -0.2) is 0 Å². The summed E-state index contributed by atoms with van der Waals surface area (Å²) >= 11 is 0. The summed E-state index contributed by atoms with van der Waals surface area (Å²) in [6.07, 6.45) is -33.3.